The molecule has 150 valence electrons. The highest BCUT2D eigenvalue weighted by Crippen LogP contribution is 2.24. The number of benzene rings is 2. The minimum atomic E-state index is -3.85. The van der Waals surface area contributed by atoms with Crippen molar-refractivity contribution in [3.63, 3.8) is 0 Å². The number of hydrogen-bond acceptors (Lipinski definition) is 6. The first kappa shape index (κ1) is 20.4. The molecule has 1 aromatic heterocycles. The van der Waals surface area contributed by atoms with Crippen LogP contribution in [0.3, 0.4) is 0 Å². The normalized spacial score (nSPS) is 11.1. The Morgan fingerprint density at radius 2 is 1.86 bits per heavy atom. The lowest BCUT2D eigenvalue weighted by molar-refractivity contribution is 0.0600. The van der Waals surface area contributed by atoms with E-state index in [2.05, 4.69) is 14.4 Å². The Morgan fingerprint density at radius 1 is 1.10 bits per heavy atom. The molecule has 0 atom stereocenters. The molecule has 1 heterocycles. The summed E-state index contributed by atoms with van der Waals surface area (Å²) in [6, 6.07) is 14.2. The molecule has 0 radical (unpaired) electrons. The van der Waals surface area contributed by atoms with Gasteiger partial charge in [-0.05, 0) is 42.5 Å². The number of esters is 1. The topological polar surface area (TPSA) is 94.6 Å². The zero-order valence-corrected chi connectivity index (χ0v) is 16.1. The minimum absolute atomic E-state index is 0.0124. The SMILES string of the molecule is COC(=O)c1ccc(S(=O)(=O)NCc2cccnc2Oc2cccc(F)c2)cc1. The van der Waals surface area contributed by atoms with Crippen LogP contribution < -0.4 is 9.46 Å². The van der Waals surface area contributed by atoms with Crippen molar-refractivity contribution in [3.8, 4) is 11.6 Å². The zero-order chi connectivity index (χ0) is 20.9. The van der Waals surface area contributed by atoms with Gasteiger partial charge in [0, 0.05) is 24.4 Å². The lowest BCUT2D eigenvalue weighted by Crippen LogP contribution is -2.23. The fourth-order valence-corrected chi connectivity index (χ4v) is 3.44. The maximum Gasteiger partial charge on any atom is 0.337 e. The van der Waals surface area contributed by atoms with E-state index in [4.69, 9.17) is 4.74 Å². The zero-order valence-electron chi connectivity index (χ0n) is 15.3. The van der Waals surface area contributed by atoms with Gasteiger partial charge in [-0.15, -0.1) is 0 Å². The molecule has 0 saturated carbocycles. The number of nitrogens with one attached hydrogen (secondary N) is 1. The first-order valence-corrected chi connectivity index (χ1v) is 9.93. The van der Waals surface area contributed by atoms with E-state index in [0.717, 1.165) is 0 Å². The summed E-state index contributed by atoms with van der Waals surface area (Å²) in [4.78, 5) is 15.5. The molecule has 2 aromatic carbocycles. The molecule has 3 rings (SSSR count). The number of ether oxygens (including phenoxy) is 2. The number of methoxy groups -OCH3 is 1. The number of rotatable bonds is 7. The van der Waals surface area contributed by atoms with Gasteiger partial charge in [-0.25, -0.2) is 27.3 Å². The van der Waals surface area contributed by atoms with E-state index in [1.54, 1.807) is 18.2 Å². The lowest BCUT2D eigenvalue weighted by Gasteiger charge is -2.11. The fraction of sp³-hybridized carbons (Fsp3) is 0.100. The first-order chi connectivity index (χ1) is 13.9. The Morgan fingerprint density at radius 3 is 2.55 bits per heavy atom. The van der Waals surface area contributed by atoms with Crippen LogP contribution >= 0.6 is 0 Å². The third-order valence-corrected chi connectivity index (χ3v) is 5.32. The maximum absolute atomic E-state index is 13.3. The molecule has 1 N–H and O–H groups in total. The number of aromatic nitrogens is 1. The van der Waals surface area contributed by atoms with Crippen molar-refractivity contribution < 1.29 is 27.1 Å². The van der Waals surface area contributed by atoms with Gasteiger partial charge in [0.05, 0.1) is 17.6 Å². The van der Waals surface area contributed by atoms with E-state index in [1.165, 1.54) is 55.8 Å². The lowest BCUT2D eigenvalue weighted by atomic mass is 10.2. The van der Waals surface area contributed by atoms with E-state index in [0.29, 0.717) is 5.56 Å². The summed E-state index contributed by atoms with van der Waals surface area (Å²) in [5, 5.41) is 0. The van der Waals surface area contributed by atoms with Gasteiger partial charge < -0.3 is 9.47 Å². The molecule has 9 heteroatoms. The molecule has 0 saturated heterocycles. The smallest absolute Gasteiger partial charge is 0.337 e. The Kier molecular flexibility index (Phi) is 6.20. The molecular formula is C20H17FN2O5S. The molecule has 0 fully saturated rings. The highest BCUT2D eigenvalue weighted by atomic mass is 32.2. The van der Waals surface area contributed by atoms with Crippen molar-refractivity contribution in [2.24, 2.45) is 0 Å². The second-order valence-electron chi connectivity index (χ2n) is 5.87. The van der Waals surface area contributed by atoms with Crippen LogP contribution in [0.5, 0.6) is 11.6 Å². The molecule has 0 aliphatic heterocycles. The van der Waals surface area contributed by atoms with Crippen LogP contribution in [0.15, 0.2) is 71.8 Å². The number of carbonyl (C=O) groups is 1. The molecular weight excluding hydrogens is 399 g/mol. The van der Waals surface area contributed by atoms with Gasteiger partial charge in [0.2, 0.25) is 15.9 Å². The van der Waals surface area contributed by atoms with Crippen LogP contribution in [0.25, 0.3) is 0 Å². The van der Waals surface area contributed by atoms with Crippen molar-refractivity contribution in [3.05, 3.63) is 83.8 Å². The average Bonchev–Trinajstić information content (AvgIpc) is 2.73. The molecule has 0 bridgehead atoms. The van der Waals surface area contributed by atoms with E-state index in [1.807, 2.05) is 0 Å². The number of carbonyl (C=O) groups excluding carboxylic acids is 1. The summed E-state index contributed by atoms with van der Waals surface area (Å²) in [5.41, 5.74) is 0.705. The van der Waals surface area contributed by atoms with E-state index < -0.39 is 21.8 Å². The van der Waals surface area contributed by atoms with Crippen LogP contribution in [0.2, 0.25) is 0 Å². The van der Waals surface area contributed by atoms with Crippen LogP contribution in [0.4, 0.5) is 4.39 Å². The Hall–Kier alpha value is -3.30. The van der Waals surface area contributed by atoms with Crippen LogP contribution in [-0.2, 0) is 21.3 Å². The van der Waals surface area contributed by atoms with Crippen molar-refractivity contribution in [1.29, 1.82) is 0 Å². The van der Waals surface area contributed by atoms with E-state index in [-0.39, 0.29) is 28.6 Å². The monoisotopic (exact) mass is 416 g/mol. The van der Waals surface area contributed by atoms with Crippen LogP contribution in [0, 0.1) is 5.82 Å². The second-order valence-corrected chi connectivity index (χ2v) is 7.63. The number of halogens is 1. The van der Waals surface area contributed by atoms with Crippen molar-refractivity contribution in [2.45, 2.75) is 11.4 Å². The van der Waals surface area contributed by atoms with Crippen LogP contribution in [0.1, 0.15) is 15.9 Å². The number of nitrogens with zero attached hydrogens (tertiary/aromatic N) is 1. The molecule has 0 aliphatic rings. The third kappa shape index (κ3) is 5.15. The summed E-state index contributed by atoms with van der Waals surface area (Å²) in [6.45, 7) is -0.0976. The van der Waals surface area contributed by atoms with Crippen LogP contribution in [-0.4, -0.2) is 26.5 Å². The van der Waals surface area contributed by atoms with Gasteiger partial charge in [0.1, 0.15) is 11.6 Å². The highest BCUT2D eigenvalue weighted by molar-refractivity contribution is 7.89. The van der Waals surface area contributed by atoms with Gasteiger partial charge in [0.15, 0.2) is 0 Å². The number of hydrogen-bond donors (Lipinski definition) is 1. The largest absolute Gasteiger partial charge is 0.465 e. The second kappa shape index (κ2) is 8.80. The maximum atomic E-state index is 13.3. The molecule has 0 aliphatic carbocycles. The predicted molar refractivity (Wildman–Crippen MR) is 103 cm³/mol. The highest BCUT2D eigenvalue weighted by Gasteiger charge is 2.17. The van der Waals surface area contributed by atoms with Gasteiger partial charge in [-0.3, -0.25) is 0 Å². The average molecular weight is 416 g/mol. The number of sulfonamides is 1. The van der Waals surface area contributed by atoms with Gasteiger partial charge in [-0.2, -0.15) is 0 Å². The quantitative estimate of drug-likeness (QED) is 0.594. The van der Waals surface area contributed by atoms with Crippen molar-refractivity contribution in [2.75, 3.05) is 7.11 Å². The Bertz CT molecular complexity index is 1120. The minimum Gasteiger partial charge on any atom is -0.465 e. The third-order valence-electron chi connectivity index (χ3n) is 3.90. The van der Waals surface area contributed by atoms with Crippen molar-refractivity contribution in [1.82, 2.24) is 9.71 Å². The summed E-state index contributed by atoms with van der Waals surface area (Å²) >= 11 is 0. The summed E-state index contributed by atoms with van der Waals surface area (Å²) in [6.07, 6.45) is 1.48. The molecule has 0 amide bonds. The predicted octanol–water partition coefficient (Wildman–Crippen LogP) is 3.28. The number of pyridine rings is 1. The molecule has 7 nitrogen and oxygen atoms in total. The summed E-state index contributed by atoms with van der Waals surface area (Å²) in [7, 11) is -2.61. The van der Waals surface area contributed by atoms with Gasteiger partial charge >= 0.3 is 5.97 Å². The molecule has 0 unspecified atom stereocenters. The van der Waals surface area contributed by atoms with E-state index in [9.17, 15) is 17.6 Å². The Balaban J connectivity index is 1.74. The standard InChI is InChI=1S/C20H17FN2O5S/c1-27-20(24)14-7-9-18(10-8-14)29(25,26)23-13-15-4-3-11-22-19(15)28-17-6-2-5-16(21)12-17/h2-12,23H,13H2,1H3. The van der Waals surface area contributed by atoms with Crippen molar-refractivity contribution >= 4 is 16.0 Å². The molecule has 29 heavy (non-hydrogen) atoms. The first-order valence-electron chi connectivity index (χ1n) is 8.44. The van der Waals surface area contributed by atoms with Gasteiger partial charge in [-0.1, -0.05) is 12.1 Å². The summed E-state index contributed by atoms with van der Waals surface area (Å²) in [5.74, 6) is -0.625. The Labute approximate surface area is 167 Å². The summed E-state index contributed by atoms with van der Waals surface area (Å²) < 4.78 is 51.0. The fourth-order valence-electron chi connectivity index (χ4n) is 2.44. The molecule has 3 aromatic rings. The van der Waals surface area contributed by atoms with E-state index >= 15 is 0 Å². The van der Waals surface area contributed by atoms with Gasteiger partial charge in [0.25, 0.3) is 0 Å². The molecule has 0 spiro atoms.